The summed E-state index contributed by atoms with van der Waals surface area (Å²) in [7, 11) is 0. The lowest BCUT2D eigenvalue weighted by molar-refractivity contribution is 0.0705. The predicted octanol–water partition coefficient (Wildman–Crippen LogP) is 3.60. The molecule has 1 atom stereocenters. The molecule has 1 saturated heterocycles. The number of rotatable bonds is 2. The molecule has 2 heterocycles. The van der Waals surface area contributed by atoms with Crippen molar-refractivity contribution < 1.29 is 9.90 Å². The van der Waals surface area contributed by atoms with Gasteiger partial charge in [0.15, 0.2) is 0 Å². The first-order chi connectivity index (χ1) is 12.1. The molecule has 128 valence electrons. The molecule has 0 aliphatic carbocycles. The molecule has 4 rings (SSSR count). The largest absolute Gasteiger partial charge is 0.507 e. The summed E-state index contributed by atoms with van der Waals surface area (Å²) in [5.41, 5.74) is 2.44. The molecule has 3 aromatic rings. The van der Waals surface area contributed by atoms with Crippen molar-refractivity contribution in [1.29, 1.82) is 0 Å². The van der Waals surface area contributed by atoms with E-state index in [-0.39, 0.29) is 17.6 Å². The van der Waals surface area contributed by atoms with Crippen LogP contribution in [0.1, 0.15) is 40.5 Å². The topological polar surface area (TPSA) is 69.2 Å². The molecule has 1 amide bonds. The van der Waals surface area contributed by atoms with Gasteiger partial charge < -0.3 is 10.0 Å². The number of aromatic amines is 1. The maximum Gasteiger partial charge on any atom is 0.258 e. The highest BCUT2D eigenvalue weighted by Gasteiger charge is 2.29. The smallest absolute Gasteiger partial charge is 0.258 e. The van der Waals surface area contributed by atoms with E-state index < -0.39 is 0 Å². The van der Waals surface area contributed by atoms with Crippen molar-refractivity contribution in [3.63, 3.8) is 0 Å². The normalized spacial score (nSPS) is 17.8. The molecular weight excluding hydrogens is 314 g/mol. The van der Waals surface area contributed by atoms with Gasteiger partial charge >= 0.3 is 0 Å². The van der Waals surface area contributed by atoms with Crippen LogP contribution >= 0.6 is 0 Å². The van der Waals surface area contributed by atoms with Crippen LogP contribution in [0.25, 0.3) is 10.8 Å². The summed E-state index contributed by atoms with van der Waals surface area (Å²) < 4.78 is 0. The lowest BCUT2D eigenvalue weighted by Gasteiger charge is -2.32. The van der Waals surface area contributed by atoms with Crippen LogP contribution < -0.4 is 0 Å². The van der Waals surface area contributed by atoms with E-state index in [1.165, 1.54) is 0 Å². The highest BCUT2D eigenvalue weighted by atomic mass is 16.3. The van der Waals surface area contributed by atoms with Crippen molar-refractivity contribution in [3.8, 4) is 5.75 Å². The summed E-state index contributed by atoms with van der Waals surface area (Å²) in [6.45, 7) is 3.32. The number of H-pyrrole nitrogens is 1. The average Bonchev–Trinajstić information content (AvgIpc) is 3.08. The highest BCUT2D eigenvalue weighted by Crippen LogP contribution is 2.31. The van der Waals surface area contributed by atoms with Gasteiger partial charge in [0.25, 0.3) is 5.91 Å². The van der Waals surface area contributed by atoms with Crippen LogP contribution in [0.3, 0.4) is 0 Å². The van der Waals surface area contributed by atoms with Crippen LogP contribution in [0, 0.1) is 6.92 Å². The minimum Gasteiger partial charge on any atom is -0.507 e. The molecule has 2 N–H and O–H groups in total. The van der Waals surface area contributed by atoms with Gasteiger partial charge in [-0.1, -0.05) is 30.3 Å². The van der Waals surface area contributed by atoms with Crippen LogP contribution in [0.4, 0.5) is 0 Å². The van der Waals surface area contributed by atoms with Gasteiger partial charge in [-0.05, 0) is 42.7 Å². The zero-order valence-corrected chi connectivity index (χ0v) is 14.2. The highest BCUT2D eigenvalue weighted by molar-refractivity contribution is 6.09. The SMILES string of the molecule is Cc1cc(C2CCCN(C(=O)c3c(O)ccc4ccccc34)C2)n[nH]1. The number of aryl methyl sites for hydroxylation is 1. The maximum absolute atomic E-state index is 13.2. The molecule has 5 nitrogen and oxygen atoms in total. The lowest BCUT2D eigenvalue weighted by atomic mass is 9.93. The van der Waals surface area contributed by atoms with Crippen molar-refractivity contribution in [2.75, 3.05) is 13.1 Å². The summed E-state index contributed by atoms with van der Waals surface area (Å²) in [5.74, 6) is 0.174. The Morgan fingerprint density at radius 3 is 2.92 bits per heavy atom. The third-order valence-corrected chi connectivity index (χ3v) is 4.97. The Hall–Kier alpha value is -2.82. The second-order valence-corrected chi connectivity index (χ2v) is 6.75. The van der Waals surface area contributed by atoms with Gasteiger partial charge in [-0.2, -0.15) is 5.10 Å². The summed E-state index contributed by atoms with van der Waals surface area (Å²) >= 11 is 0. The first-order valence-electron chi connectivity index (χ1n) is 8.65. The van der Waals surface area contributed by atoms with Crippen LogP contribution in [-0.2, 0) is 0 Å². The van der Waals surface area contributed by atoms with Crippen LogP contribution in [0.5, 0.6) is 5.75 Å². The van der Waals surface area contributed by atoms with Gasteiger partial charge in [0.05, 0.1) is 11.3 Å². The number of fused-ring (bicyclic) bond motifs is 1. The summed E-state index contributed by atoms with van der Waals surface area (Å²) in [5, 5.41) is 19.4. The van der Waals surface area contributed by atoms with Crippen LogP contribution in [0.2, 0.25) is 0 Å². The molecule has 1 aliphatic heterocycles. The number of benzene rings is 2. The third kappa shape index (κ3) is 2.86. The number of likely N-dealkylation sites (tertiary alicyclic amines) is 1. The van der Waals surface area contributed by atoms with E-state index in [2.05, 4.69) is 10.2 Å². The van der Waals surface area contributed by atoms with Gasteiger partial charge in [-0.3, -0.25) is 9.89 Å². The van der Waals surface area contributed by atoms with E-state index in [4.69, 9.17) is 0 Å². The molecule has 0 bridgehead atoms. The second-order valence-electron chi connectivity index (χ2n) is 6.75. The fraction of sp³-hybridized carbons (Fsp3) is 0.300. The summed E-state index contributed by atoms with van der Waals surface area (Å²) in [4.78, 5) is 15.0. The van der Waals surface area contributed by atoms with Crippen molar-refractivity contribution in [2.24, 2.45) is 0 Å². The standard InChI is InChI=1S/C20H21N3O2/c1-13-11-17(22-21-13)15-6-4-10-23(12-15)20(25)19-16-7-3-2-5-14(16)8-9-18(19)24/h2-3,5,7-9,11,15,24H,4,6,10,12H2,1H3,(H,21,22). The number of hydrogen-bond acceptors (Lipinski definition) is 3. The van der Waals surface area contributed by atoms with E-state index in [0.29, 0.717) is 18.7 Å². The van der Waals surface area contributed by atoms with E-state index in [1.807, 2.05) is 48.2 Å². The number of nitrogens with one attached hydrogen (secondary N) is 1. The molecule has 25 heavy (non-hydrogen) atoms. The fourth-order valence-electron chi connectivity index (χ4n) is 3.69. The number of carbonyl (C=O) groups is 1. The molecule has 1 unspecified atom stereocenters. The van der Waals surface area contributed by atoms with Crippen molar-refractivity contribution >= 4 is 16.7 Å². The van der Waals surface area contributed by atoms with E-state index in [0.717, 1.165) is 35.0 Å². The Labute approximate surface area is 146 Å². The van der Waals surface area contributed by atoms with Crippen molar-refractivity contribution in [1.82, 2.24) is 15.1 Å². The Balaban J connectivity index is 1.66. The van der Waals surface area contributed by atoms with E-state index in [1.54, 1.807) is 6.07 Å². The molecule has 1 aromatic heterocycles. The maximum atomic E-state index is 13.2. The monoisotopic (exact) mass is 335 g/mol. The quantitative estimate of drug-likeness (QED) is 0.752. The van der Waals surface area contributed by atoms with Gasteiger partial charge in [0.2, 0.25) is 0 Å². The summed E-state index contributed by atoms with van der Waals surface area (Å²) in [6.07, 6.45) is 1.96. The van der Waals surface area contributed by atoms with Gasteiger partial charge in [-0.25, -0.2) is 0 Å². The Bertz CT molecular complexity index is 932. The third-order valence-electron chi connectivity index (χ3n) is 4.97. The Morgan fingerprint density at radius 2 is 2.12 bits per heavy atom. The minimum absolute atomic E-state index is 0.0430. The number of hydrogen-bond donors (Lipinski definition) is 2. The van der Waals surface area contributed by atoms with Crippen LogP contribution in [-0.4, -0.2) is 39.2 Å². The predicted molar refractivity (Wildman–Crippen MR) is 96.8 cm³/mol. The molecular formula is C20H21N3O2. The molecule has 2 aromatic carbocycles. The molecule has 5 heteroatoms. The number of nitrogens with zero attached hydrogens (tertiary/aromatic N) is 2. The number of piperidine rings is 1. The molecule has 0 saturated carbocycles. The zero-order chi connectivity index (χ0) is 17.4. The zero-order valence-electron chi connectivity index (χ0n) is 14.2. The van der Waals surface area contributed by atoms with Crippen molar-refractivity contribution in [2.45, 2.75) is 25.7 Å². The molecule has 1 aliphatic rings. The first kappa shape index (κ1) is 15.7. The first-order valence-corrected chi connectivity index (χ1v) is 8.65. The Kier molecular flexibility index (Phi) is 3.92. The molecule has 0 spiro atoms. The summed E-state index contributed by atoms with van der Waals surface area (Å²) in [6, 6.07) is 13.2. The van der Waals surface area contributed by atoms with E-state index in [9.17, 15) is 9.90 Å². The Morgan fingerprint density at radius 1 is 1.28 bits per heavy atom. The second kappa shape index (κ2) is 6.24. The van der Waals surface area contributed by atoms with E-state index >= 15 is 0 Å². The number of phenolic OH excluding ortho intramolecular Hbond substituents is 1. The number of carbonyl (C=O) groups excluding carboxylic acids is 1. The van der Waals surface area contributed by atoms with Crippen molar-refractivity contribution in [3.05, 3.63) is 59.4 Å². The van der Waals surface area contributed by atoms with Crippen LogP contribution in [0.15, 0.2) is 42.5 Å². The van der Waals surface area contributed by atoms with Gasteiger partial charge in [-0.15, -0.1) is 0 Å². The van der Waals surface area contributed by atoms with Gasteiger partial charge in [0.1, 0.15) is 5.75 Å². The molecule has 1 fully saturated rings. The number of aromatic nitrogens is 2. The molecule has 0 radical (unpaired) electrons. The number of aromatic hydroxyl groups is 1. The lowest BCUT2D eigenvalue weighted by Crippen LogP contribution is -2.39. The fourth-order valence-corrected chi connectivity index (χ4v) is 3.69. The minimum atomic E-state index is -0.105. The van der Waals surface area contributed by atoms with Gasteiger partial charge in [0, 0.05) is 24.7 Å². The average molecular weight is 335 g/mol. The number of amides is 1. The number of phenols is 1.